The van der Waals surface area contributed by atoms with Gasteiger partial charge in [-0.15, -0.1) is 0 Å². The Morgan fingerprint density at radius 2 is 0.614 bits per heavy atom. The maximum absolute atomic E-state index is 12.8. The number of hydrogen-bond donors (Lipinski definition) is 0. The number of ether oxygens (including phenoxy) is 3. The number of hydrogen-bond acceptors (Lipinski definition) is 6. The van der Waals surface area contributed by atoms with Crippen LogP contribution in [0.4, 0.5) is 0 Å². The molecule has 70 heavy (non-hydrogen) atoms. The van der Waals surface area contributed by atoms with Gasteiger partial charge in [0.25, 0.3) is 0 Å². The minimum atomic E-state index is -0.821. The summed E-state index contributed by atoms with van der Waals surface area (Å²) in [4.78, 5) is 38.2. The number of rotatable bonds is 51. The second kappa shape index (κ2) is 57.6. The molecule has 0 saturated carbocycles. The van der Waals surface area contributed by atoms with Gasteiger partial charge in [-0.1, -0.05) is 233 Å². The van der Waals surface area contributed by atoms with Crippen LogP contribution in [0.2, 0.25) is 0 Å². The average Bonchev–Trinajstić information content (AvgIpc) is 3.36. The van der Waals surface area contributed by atoms with Crippen molar-refractivity contribution in [3.63, 3.8) is 0 Å². The van der Waals surface area contributed by atoms with Crippen molar-refractivity contribution in [1.82, 2.24) is 0 Å². The summed E-state index contributed by atoms with van der Waals surface area (Å²) in [6, 6.07) is 0. The fraction of sp³-hybridized carbons (Fsp3) is 0.672. The number of carbonyl (C=O) groups is 3. The molecule has 1 atom stereocenters. The van der Waals surface area contributed by atoms with Gasteiger partial charge in [0.1, 0.15) is 13.2 Å². The molecule has 0 aliphatic heterocycles. The number of esters is 3. The zero-order valence-electron chi connectivity index (χ0n) is 45.5. The third-order valence-electron chi connectivity index (χ3n) is 12.0. The highest BCUT2D eigenvalue weighted by molar-refractivity contribution is 5.71. The molecule has 6 heteroatoms. The van der Waals surface area contributed by atoms with Crippen molar-refractivity contribution in [1.29, 1.82) is 0 Å². The van der Waals surface area contributed by atoms with E-state index >= 15 is 0 Å². The van der Waals surface area contributed by atoms with Crippen LogP contribution in [0.25, 0.3) is 0 Å². The fourth-order valence-corrected chi connectivity index (χ4v) is 7.67. The summed E-state index contributed by atoms with van der Waals surface area (Å²) in [6.07, 6.45) is 78.0. The maximum atomic E-state index is 12.8. The van der Waals surface area contributed by atoms with Crippen molar-refractivity contribution in [2.45, 2.75) is 264 Å². The lowest BCUT2D eigenvalue weighted by atomic mass is 10.1. The van der Waals surface area contributed by atoms with E-state index in [0.29, 0.717) is 19.3 Å². The summed E-state index contributed by atoms with van der Waals surface area (Å²) < 4.78 is 16.8. The minimum Gasteiger partial charge on any atom is -0.462 e. The van der Waals surface area contributed by atoms with E-state index in [-0.39, 0.29) is 37.5 Å². The number of carbonyl (C=O) groups excluding carboxylic acids is 3. The molecule has 0 radical (unpaired) electrons. The largest absolute Gasteiger partial charge is 0.462 e. The zero-order valence-corrected chi connectivity index (χ0v) is 45.5. The van der Waals surface area contributed by atoms with Crippen LogP contribution < -0.4 is 0 Å². The number of allylic oxidation sites excluding steroid dienone is 18. The molecule has 0 heterocycles. The van der Waals surface area contributed by atoms with Crippen molar-refractivity contribution >= 4 is 17.9 Å². The van der Waals surface area contributed by atoms with E-state index in [0.717, 1.165) is 89.9 Å². The Morgan fingerprint density at radius 3 is 1.04 bits per heavy atom. The third-order valence-corrected chi connectivity index (χ3v) is 12.0. The van der Waals surface area contributed by atoms with E-state index in [1.165, 1.54) is 122 Å². The van der Waals surface area contributed by atoms with Crippen molar-refractivity contribution in [2.75, 3.05) is 13.2 Å². The first-order valence-corrected chi connectivity index (χ1v) is 28.9. The molecule has 0 aliphatic carbocycles. The lowest BCUT2D eigenvalue weighted by molar-refractivity contribution is -0.167. The van der Waals surface area contributed by atoms with Crippen molar-refractivity contribution in [2.24, 2.45) is 0 Å². The lowest BCUT2D eigenvalue weighted by Gasteiger charge is -2.18. The Balaban J connectivity index is 4.51. The molecule has 0 bridgehead atoms. The third kappa shape index (κ3) is 55.0. The Kier molecular flexibility index (Phi) is 54.4. The highest BCUT2D eigenvalue weighted by Gasteiger charge is 2.19. The lowest BCUT2D eigenvalue weighted by Crippen LogP contribution is -2.30. The van der Waals surface area contributed by atoms with Crippen LogP contribution in [-0.2, 0) is 28.6 Å². The Bertz CT molecular complexity index is 1440. The molecular weight excluding hydrogens is 865 g/mol. The molecule has 6 nitrogen and oxygen atoms in total. The Hall–Kier alpha value is -3.93. The first-order valence-electron chi connectivity index (χ1n) is 28.9. The average molecular weight is 972 g/mol. The van der Waals surface area contributed by atoms with Gasteiger partial charge in [0, 0.05) is 19.3 Å². The highest BCUT2D eigenvalue weighted by Crippen LogP contribution is 2.14. The van der Waals surface area contributed by atoms with Crippen molar-refractivity contribution in [3.8, 4) is 0 Å². The van der Waals surface area contributed by atoms with Crippen LogP contribution in [0.1, 0.15) is 258 Å². The summed E-state index contributed by atoms with van der Waals surface area (Å²) in [6.45, 7) is 6.42. The maximum Gasteiger partial charge on any atom is 0.306 e. The molecule has 0 aromatic rings. The van der Waals surface area contributed by atoms with Crippen LogP contribution in [0.5, 0.6) is 0 Å². The van der Waals surface area contributed by atoms with Crippen molar-refractivity contribution < 1.29 is 28.6 Å². The predicted molar refractivity (Wildman–Crippen MR) is 302 cm³/mol. The molecule has 0 aromatic carbocycles. The quantitative estimate of drug-likeness (QED) is 0.0199. The first kappa shape index (κ1) is 66.1. The Labute approximate surface area is 431 Å². The molecule has 0 fully saturated rings. The van der Waals surface area contributed by atoms with Gasteiger partial charge in [0.05, 0.1) is 0 Å². The summed E-state index contributed by atoms with van der Waals surface area (Å²) in [5, 5.41) is 0. The monoisotopic (exact) mass is 971 g/mol. The Morgan fingerprint density at radius 1 is 0.314 bits per heavy atom. The van der Waals surface area contributed by atoms with Gasteiger partial charge in [-0.25, -0.2) is 0 Å². The minimum absolute atomic E-state index is 0.111. The number of unbranched alkanes of at least 4 members (excludes halogenated alkanes) is 23. The molecule has 0 N–H and O–H groups in total. The first-order chi connectivity index (χ1) is 34.5. The smallest absolute Gasteiger partial charge is 0.306 e. The molecule has 0 rings (SSSR count). The molecule has 1 unspecified atom stereocenters. The molecule has 0 saturated heterocycles. The van der Waals surface area contributed by atoms with Gasteiger partial charge in [0.2, 0.25) is 0 Å². The van der Waals surface area contributed by atoms with Gasteiger partial charge >= 0.3 is 17.9 Å². The van der Waals surface area contributed by atoms with Crippen LogP contribution in [0.3, 0.4) is 0 Å². The van der Waals surface area contributed by atoms with E-state index in [9.17, 15) is 14.4 Å². The summed E-state index contributed by atoms with van der Waals surface area (Å²) >= 11 is 0. The highest BCUT2D eigenvalue weighted by atomic mass is 16.6. The normalized spacial score (nSPS) is 12.9. The molecule has 0 aliphatic rings. The molecule has 0 amide bonds. The van der Waals surface area contributed by atoms with Crippen molar-refractivity contribution in [3.05, 3.63) is 109 Å². The molecule has 0 aromatic heterocycles. The van der Waals surface area contributed by atoms with Gasteiger partial charge < -0.3 is 14.2 Å². The zero-order chi connectivity index (χ0) is 50.7. The second-order valence-electron chi connectivity index (χ2n) is 18.8. The van der Waals surface area contributed by atoms with Crippen LogP contribution in [0.15, 0.2) is 109 Å². The van der Waals surface area contributed by atoms with Crippen LogP contribution in [0, 0.1) is 0 Å². The standard InChI is InChI=1S/C64H106O6/c1-4-7-10-13-16-19-22-25-28-31-32-34-36-39-42-45-48-51-54-57-63(66)69-60-61(59-68-62(65)56-53-50-47-44-41-38-35-30-27-24-21-18-15-12-9-6-3)70-64(67)58-55-52-49-46-43-40-37-33-29-26-23-20-17-14-11-8-5-2/h9,12,16,18-19,21-22,25-27,29-30,37-38,40-41,46,49,61H,4-8,10-11,13-15,17,20,23-24,28,31-36,39,42-45,47-48,50-60H2,1-3H3/b12-9-,19-16-,21-18-,25-22-,29-26-,30-27-,40-37-,41-38-,49-46-. The van der Waals surface area contributed by atoms with E-state index in [4.69, 9.17) is 14.2 Å². The summed E-state index contributed by atoms with van der Waals surface area (Å²) in [5.74, 6) is -0.999. The summed E-state index contributed by atoms with van der Waals surface area (Å²) in [7, 11) is 0. The molecular formula is C64H106O6. The summed E-state index contributed by atoms with van der Waals surface area (Å²) in [5.41, 5.74) is 0. The topological polar surface area (TPSA) is 78.9 Å². The van der Waals surface area contributed by atoms with Crippen LogP contribution in [-0.4, -0.2) is 37.2 Å². The van der Waals surface area contributed by atoms with Gasteiger partial charge in [-0.3, -0.25) is 14.4 Å². The van der Waals surface area contributed by atoms with Gasteiger partial charge in [-0.05, 0) is 116 Å². The predicted octanol–water partition coefficient (Wildman–Crippen LogP) is 19.5. The molecule has 0 spiro atoms. The van der Waals surface area contributed by atoms with Gasteiger partial charge in [-0.2, -0.15) is 0 Å². The van der Waals surface area contributed by atoms with Gasteiger partial charge in [0.15, 0.2) is 6.10 Å². The second-order valence-corrected chi connectivity index (χ2v) is 18.8. The van der Waals surface area contributed by atoms with Crippen LogP contribution >= 0.6 is 0 Å². The van der Waals surface area contributed by atoms with E-state index in [1.54, 1.807) is 0 Å². The van der Waals surface area contributed by atoms with E-state index in [1.807, 2.05) is 0 Å². The SMILES string of the molecule is CC/C=C\C/C=C\C/C=C\C/C=C\CCCCCC(=O)OCC(COC(=O)CCCCCCCCCCCC/C=C\C=C/CCCCC)OC(=O)CCC/C=C\C/C=C\C/C=C\CCCCCCCC. The van der Waals surface area contributed by atoms with E-state index in [2.05, 4.69) is 130 Å². The molecule has 398 valence electrons. The van der Waals surface area contributed by atoms with E-state index < -0.39 is 6.10 Å². The fourth-order valence-electron chi connectivity index (χ4n) is 7.67.